The zero-order chi connectivity index (χ0) is 21.2. The van der Waals surface area contributed by atoms with Gasteiger partial charge in [-0.2, -0.15) is 0 Å². The monoisotopic (exact) mass is 468 g/mol. The van der Waals surface area contributed by atoms with Gasteiger partial charge in [0.1, 0.15) is 0 Å². The maximum Gasteiger partial charge on any atom is 0.331 e. The Kier molecular flexibility index (Phi) is 11.4. The number of nitrogens with zero attached hydrogens (tertiary/aromatic N) is 1. The molecule has 0 fully saturated rings. The third kappa shape index (κ3) is 7.98. The Hall–Kier alpha value is -2.82. The van der Waals surface area contributed by atoms with E-state index in [1.54, 1.807) is 30.3 Å². The lowest BCUT2D eigenvalue weighted by molar-refractivity contribution is -0.384. The molecular formula is C19H25BrN4O5. The number of hydrogen-bond acceptors (Lipinski definition) is 7. The maximum atomic E-state index is 12.2. The summed E-state index contributed by atoms with van der Waals surface area (Å²) < 4.78 is 0. The number of non-ortho nitro benzene ring substituents is 1. The van der Waals surface area contributed by atoms with Gasteiger partial charge in [0.05, 0.1) is 4.92 Å². The van der Waals surface area contributed by atoms with Gasteiger partial charge in [0, 0.05) is 23.4 Å². The Balaban J connectivity index is 0.000000606. The fourth-order valence-corrected chi connectivity index (χ4v) is 2.31. The van der Waals surface area contributed by atoms with Crippen molar-refractivity contribution in [3.8, 4) is 0 Å². The second kappa shape index (κ2) is 12.6. The molecule has 9 nitrogen and oxygen atoms in total. The molecule has 158 valence electrons. The number of benzene rings is 2. The number of carboxylic acids is 1. The van der Waals surface area contributed by atoms with Gasteiger partial charge in [0.25, 0.3) is 5.69 Å². The number of nitro benzene ring substituents is 1. The predicted octanol–water partition coefficient (Wildman–Crippen LogP) is 2.54. The second-order valence-corrected chi connectivity index (χ2v) is 6.07. The van der Waals surface area contributed by atoms with Gasteiger partial charge in [-0.05, 0) is 37.9 Å². The Morgan fingerprint density at radius 3 is 2.03 bits per heavy atom. The van der Waals surface area contributed by atoms with E-state index in [1.165, 1.54) is 24.3 Å². The number of carboxylic acid groups (broad SMARTS) is 1. The lowest BCUT2D eigenvalue weighted by Gasteiger charge is -2.23. The number of nitrogen functional groups attached to an aromatic ring is 1. The molecule has 0 bridgehead atoms. The number of rotatable bonds is 8. The number of carbonyl (C=O) groups excluding carboxylic acids is 1. The standard InChI is InChI=1S/C13H18N2O3.C6H6N2O2.BrH/c14-9-5-4-8-13(15,12(17)18)11(16)10-6-2-1-3-7-10;7-5-1-3-6(4-2-5)8(9)10;/h1-3,6-7H,4-5,8-9,14-15H2,(H,17,18);1-4H,7H2;1H. The van der Waals surface area contributed by atoms with E-state index in [1.807, 2.05) is 0 Å². The molecule has 1 unspecified atom stereocenters. The molecule has 2 aromatic rings. The van der Waals surface area contributed by atoms with Crippen molar-refractivity contribution in [2.45, 2.75) is 24.8 Å². The van der Waals surface area contributed by atoms with Crippen molar-refractivity contribution in [2.75, 3.05) is 12.3 Å². The van der Waals surface area contributed by atoms with Crippen LogP contribution in [0.3, 0.4) is 0 Å². The fraction of sp³-hybridized carbons (Fsp3) is 0.263. The van der Waals surface area contributed by atoms with E-state index in [0.717, 1.165) is 0 Å². The van der Waals surface area contributed by atoms with Crippen LogP contribution in [0, 0.1) is 10.1 Å². The lowest BCUT2D eigenvalue weighted by Crippen LogP contribution is -2.54. The molecule has 0 heterocycles. The highest BCUT2D eigenvalue weighted by molar-refractivity contribution is 8.93. The molecule has 0 spiro atoms. The van der Waals surface area contributed by atoms with Crippen LogP contribution in [0.5, 0.6) is 0 Å². The van der Waals surface area contributed by atoms with Crippen LogP contribution in [-0.2, 0) is 4.79 Å². The Labute approximate surface area is 178 Å². The first kappa shape index (κ1) is 26.2. The van der Waals surface area contributed by atoms with Crippen LogP contribution < -0.4 is 17.2 Å². The molecule has 0 aliphatic heterocycles. The summed E-state index contributed by atoms with van der Waals surface area (Å²) >= 11 is 0. The van der Waals surface area contributed by atoms with Crippen molar-refractivity contribution in [1.82, 2.24) is 0 Å². The molecule has 10 heteroatoms. The van der Waals surface area contributed by atoms with E-state index in [0.29, 0.717) is 30.6 Å². The highest BCUT2D eigenvalue weighted by Gasteiger charge is 2.41. The minimum absolute atomic E-state index is 0. The van der Waals surface area contributed by atoms with Crippen molar-refractivity contribution in [1.29, 1.82) is 0 Å². The molecule has 0 aliphatic rings. The van der Waals surface area contributed by atoms with Crippen LogP contribution in [0.1, 0.15) is 29.6 Å². The van der Waals surface area contributed by atoms with E-state index in [9.17, 15) is 24.8 Å². The van der Waals surface area contributed by atoms with Crippen LogP contribution in [0.25, 0.3) is 0 Å². The van der Waals surface area contributed by atoms with Crippen molar-refractivity contribution in [3.05, 3.63) is 70.3 Å². The molecule has 0 radical (unpaired) electrons. The van der Waals surface area contributed by atoms with Crippen LogP contribution >= 0.6 is 17.0 Å². The summed E-state index contributed by atoms with van der Waals surface area (Å²) in [5.41, 5.74) is 15.5. The first-order chi connectivity index (χ1) is 13.2. The number of unbranched alkanes of at least 4 members (excludes halogenated alkanes) is 1. The van der Waals surface area contributed by atoms with Gasteiger partial charge in [-0.1, -0.05) is 30.3 Å². The number of hydrogen-bond donors (Lipinski definition) is 4. The van der Waals surface area contributed by atoms with Gasteiger partial charge in [0.15, 0.2) is 11.3 Å². The summed E-state index contributed by atoms with van der Waals surface area (Å²) in [5, 5.41) is 19.3. The Morgan fingerprint density at radius 1 is 1.03 bits per heavy atom. The molecule has 29 heavy (non-hydrogen) atoms. The number of nitro groups is 1. The van der Waals surface area contributed by atoms with Crippen LogP contribution in [0.4, 0.5) is 11.4 Å². The van der Waals surface area contributed by atoms with Gasteiger partial charge in [0.2, 0.25) is 0 Å². The van der Waals surface area contributed by atoms with Crippen molar-refractivity contribution in [3.63, 3.8) is 0 Å². The summed E-state index contributed by atoms with van der Waals surface area (Å²) in [4.78, 5) is 33.0. The number of aliphatic carboxylic acids is 1. The first-order valence-corrected chi connectivity index (χ1v) is 8.54. The molecular weight excluding hydrogens is 444 g/mol. The third-order valence-corrected chi connectivity index (χ3v) is 3.95. The van der Waals surface area contributed by atoms with E-state index in [4.69, 9.17) is 17.2 Å². The number of ketones is 1. The molecule has 0 saturated heterocycles. The minimum Gasteiger partial charge on any atom is -0.480 e. The van der Waals surface area contributed by atoms with Crippen molar-refractivity contribution in [2.24, 2.45) is 11.5 Å². The predicted molar refractivity (Wildman–Crippen MR) is 116 cm³/mol. The Bertz CT molecular complexity index is 802. The van der Waals surface area contributed by atoms with Crippen LogP contribution in [-0.4, -0.2) is 33.9 Å². The van der Waals surface area contributed by atoms with Crippen LogP contribution in [0.15, 0.2) is 54.6 Å². The molecule has 1 atom stereocenters. The molecule has 0 aliphatic carbocycles. The number of carbonyl (C=O) groups is 2. The molecule has 0 saturated carbocycles. The van der Waals surface area contributed by atoms with E-state index >= 15 is 0 Å². The highest BCUT2D eigenvalue weighted by atomic mass is 79.9. The van der Waals surface area contributed by atoms with Crippen molar-refractivity contribution >= 4 is 40.1 Å². The van der Waals surface area contributed by atoms with Gasteiger partial charge in [-0.3, -0.25) is 14.9 Å². The number of anilines is 1. The zero-order valence-electron chi connectivity index (χ0n) is 15.7. The second-order valence-electron chi connectivity index (χ2n) is 6.07. The number of nitrogens with two attached hydrogens (primary N) is 3. The molecule has 7 N–H and O–H groups in total. The van der Waals surface area contributed by atoms with E-state index in [2.05, 4.69) is 0 Å². The largest absolute Gasteiger partial charge is 0.480 e. The normalized spacial score (nSPS) is 11.8. The SMILES string of the molecule is Br.NCCCCC(N)(C(=O)O)C(=O)c1ccccc1.Nc1ccc([N+](=O)[O-])cc1. The fourth-order valence-electron chi connectivity index (χ4n) is 2.31. The van der Waals surface area contributed by atoms with E-state index < -0.39 is 22.2 Å². The Morgan fingerprint density at radius 2 is 1.59 bits per heavy atom. The summed E-state index contributed by atoms with van der Waals surface area (Å²) in [5.74, 6) is -1.86. The molecule has 2 aromatic carbocycles. The molecule has 0 amide bonds. The van der Waals surface area contributed by atoms with Gasteiger partial charge in [-0.15, -0.1) is 17.0 Å². The van der Waals surface area contributed by atoms with Gasteiger partial charge in [-0.25, -0.2) is 4.79 Å². The average molecular weight is 469 g/mol. The third-order valence-electron chi connectivity index (χ3n) is 3.95. The first-order valence-electron chi connectivity index (χ1n) is 8.54. The van der Waals surface area contributed by atoms with Crippen LogP contribution in [0.2, 0.25) is 0 Å². The number of halogens is 1. The topological polar surface area (TPSA) is 176 Å². The minimum atomic E-state index is -1.86. The molecule has 2 rings (SSSR count). The summed E-state index contributed by atoms with van der Waals surface area (Å²) in [7, 11) is 0. The summed E-state index contributed by atoms with van der Waals surface area (Å²) in [6.45, 7) is 0.454. The van der Waals surface area contributed by atoms with Gasteiger partial charge < -0.3 is 22.3 Å². The maximum absolute atomic E-state index is 12.2. The lowest BCUT2D eigenvalue weighted by atomic mass is 9.85. The van der Waals surface area contributed by atoms with E-state index in [-0.39, 0.29) is 29.1 Å². The summed E-state index contributed by atoms with van der Waals surface area (Å²) in [6, 6.07) is 14.0. The smallest absolute Gasteiger partial charge is 0.331 e. The number of Topliss-reactive ketones (excluding diaryl/α,β-unsaturated/α-hetero) is 1. The summed E-state index contributed by atoms with van der Waals surface area (Å²) in [6.07, 6.45) is 1.25. The van der Waals surface area contributed by atoms with Gasteiger partial charge >= 0.3 is 5.97 Å². The average Bonchev–Trinajstić information content (AvgIpc) is 2.68. The highest BCUT2D eigenvalue weighted by Crippen LogP contribution is 2.18. The molecule has 0 aromatic heterocycles. The quantitative estimate of drug-likeness (QED) is 0.114. The zero-order valence-corrected chi connectivity index (χ0v) is 17.4. The van der Waals surface area contributed by atoms with Crippen molar-refractivity contribution < 1.29 is 19.6 Å².